The number of thiazole rings is 1. The maximum atomic E-state index is 12.3. The molecule has 1 N–H and O–H groups in total. The molecule has 0 aliphatic carbocycles. The first kappa shape index (κ1) is 13.3. The number of hydrogen-bond acceptors (Lipinski definition) is 4. The van der Waals surface area contributed by atoms with E-state index in [0.717, 1.165) is 10.4 Å². The number of imide groups is 1. The molecule has 0 radical (unpaired) electrons. The molecule has 0 spiro atoms. The van der Waals surface area contributed by atoms with Gasteiger partial charge in [0, 0.05) is 28.4 Å². The number of rotatable bonds is 2. The number of benzene rings is 1. The van der Waals surface area contributed by atoms with Crippen molar-refractivity contribution in [2.75, 3.05) is 0 Å². The van der Waals surface area contributed by atoms with Gasteiger partial charge in [0.1, 0.15) is 0 Å². The van der Waals surface area contributed by atoms with Crippen molar-refractivity contribution in [1.82, 2.24) is 10.3 Å². The van der Waals surface area contributed by atoms with Crippen molar-refractivity contribution < 1.29 is 9.59 Å². The van der Waals surface area contributed by atoms with E-state index in [2.05, 4.69) is 10.3 Å². The van der Waals surface area contributed by atoms with E-state index in [0.29, 0.717) is 5.02 Å². The molecular weight excluding hydrogens is 296 g/mol. The Balaban J connectivity index is 2.07. The lowest BCUT2D eigenvalue weighted by Gasteiger charge is -2.30. The zero-order valence-corrected chi connectivity index (χ0v) is 11.9. The maximum absolute atomic E-state index is 12.3. The molecule has 1 aliphatic rings. The lowest BCUT2D eigenvalue weighted by molar-refractivity contribution is -0.135. The number of hydrogen-bond donors (Lipinski definition) is 1. The Morgan fingerprint density at radius 2 is 2.10 bits per heavy atom. The number of aromatic nitrogens is 1. The molecule has 1 aromatic heterocycles. The minimum absolute atomic E-state index is 0.205. The highest BCUT2D eigenvalue weighted by molar-refractivity contribution is 7.09. The fourth-order valence-electron chi connectivity index (χ4n) is 2.53. The monoisotopic (exact) mass is 306 g/mol. The third kappa shape index (κ3) is 2.34. The van der Waals surface area contributed by atoms with Crippen LogP contribution in [-0.2, 0) is 9.59 Å². The lowest BCUT2D eigenvalue weighted by Crippen LogP contribution is -2.43. The second kappa shape index (κ2) is 5.34. The molecule has 1 aromatic carbocycles. The molecule has 2 atom stereocenters. The minimum atomic E-state index is -0.457. The number of nitrogens with one attached hydrogen (secondary N) is 1. The number of nitrogens with zero attached hydrogens (tertiary/aromatic N) is 1. The van der Waals surface area contributed by atoms with Crippen LogP contribution < -0.4 is 5.32 Å². The summed E-state index contributed by atoms with van der Waals surface area (Å²) in [5.74, 6) is -1.21. The summed E-state index contributed by atoms with van der Waals surface area (Å²) in [4.78, 5) is 28.9. The van der Waals surface area contributed by atoms with E-state index in [1.54, 1.807) is 17.8 Å². The summed E-state index contributed by atoms with van der Waals surface area (Å²) < 4.78 is 0. The fourth-order valence-corrected chi connectivity index (χ4v) is 3.54. The van der Waals surface area contributed by atoms with Gasteiger partial charge in [0.05, 0.1) is 11.4 Å². The SMILES string of the molecule is O=C1CC(c2cncs2)C(c2ccccc2Cl)C(=O)N1. The van der Waals surface area contributed by atoms with E-state index in [-0.39, 0.29) is 24.2 Å². The zero-order chi connectivity index (χ0) is 14.1. The highest BCUT2D eigenvalue weighted by atomic mass is 35.5. The average Bonchev–Trinajstić information content (AvgIpc) is 2.93. The summed E-state index contributed by atoms with van der Waals surface area (Å²) in [6.07, 6.45) is 1.98. The van der Waals surface area contributed by atoms with E-state index >= 15 is 0 Å². The maximum Gasteiger partial charge on any atom is 0.234 e. The third-order valence-corrected chi connectivity index (χ3v) is 4.66. The van der Waals surface area contributed by atoms with Gasteiger partial charge in [-0.05, 0) is 11.6 Å². The predicted molar refractivity (Wildman–Crippen MR) is 76.8 cm³/mol. The first-order chi connectivity index (χ1) is 9.66. The summed E-state index contributed by atoms with van der Waals surface area (Å²) in [6.45, 7) is 0. The molecule has 2 unspecified atom stereocenters. The molecule has 1 saturated heterocycles. The molecule has 0 bridgehead atoms. The minimum Gasteiger partial charge on any atom is -0.296 e. The third-order valence-electron chi connectivity index (χ3n) is 3.41. The quantitative estimate of drug-likeness (QED) is 0.868. The molecule has 20 heavy (non-hydrogen) atoms. The average molecular weight is 307 g/mol. The van der Waals surface area contributed by atoms with Gasteiger partial charge in [-0.3, -0.25) is 19.9 Å². The van der Waals surface area contributed by atoms with E-state index in [1.165, 1.54) is 11.3 Å². The lowest BCUT2D eigenvalue weighted by atomic mass is 9.80. The van der Waals surface area contributed by atoms with Crippen molar-refractivity contribution >= 4 is 34.8 Å². The Hall–Kier alpha value is -1.72. The summed E-state index contributed by atoms with van der Waals surface area (Å²) in [5, 5.41) is 2.93. The predicted octanol–water partition coefficient (Wildman–Crippen LogP) is 2.71. The standard InChI is InChI=1S/C14H11ClN2O2S/c15-10-4-2-1-3-8(10)13-9(11-6-16-7-20-11)5-12(18)17-14(13)19/h1-4,6-7,9,13H,5H2,(H,17,18,19). The van der Waals surface area contributed by atoms with E-state index in [4.69, 9.17) is 11.6 Å². The number of amides is 2. The summed E-state index contributed by atoms with van der Waals surface area (Å²) >= 11 is 7.66. The Kier molecular flexibility index (Phi) is 3.54. The van der Waals surface area contributed by atoms with Gasteiger partial charge in [0.2, 0.25) is 11.8 Å². The van der Waals surface area contributed by atoms with Gasteiger partial charge in [0.15, 0.2) is 0 Å². The molecule has 3 rings (SSSR count). The van der Waals surface area contributed by atoms with Crippen LogP contribution >= 0.6 is 22.9 Å². The van der Waals surface area contributed by atoms with Crippen molar-refractivity contribution in [3.05, 3.63) is 51.4 Å². The van der Waals surface area contributed by atoms with Crippen LogP contribution in [0.4, 0.5) is 0 Å². The molecule has 1 fully saturated rings. The van der Waals surface area contributed by atoms with Gasteiger partial charge < -0.3 is 0 Å². The van der Waals surface area contributed by atoms with Crippen LogP contribution in [0.25, 0.3) is 0 Å². The molecule has 102 valence electrons. The molecule has 2 aromatic rings. The fraction of sp³-hybridized carbons (Fsp3) is 0.214. The highest BCUT2D eigenvalue weighted by Gasteiger charge is 2.39. The van der Waals surface area contributed by atoms with Crippen molar-refractivity contribution in [3.63, 3.8) is 0 Å². The molecule has 2 amide bonds. The number of halogens is 1. The second-order valence-corrected chi connectivity index (χ2v) is 5.95. The van der Waals surface area contributed by atoms with Crippen LogP contribution in [0.5, 0.6) is 0 Å². The van der Waals surface area contributed by atoms with Gasteiger partial charge in [0.25, 0.3) is 0 Å². The summed E-state index contributed by atoms with van der Waals surface area (Å²) in [6, 6.07) is 7.24. The molecule has 1 aliphatic heterocycles. The van der Waals surface area contributed by atoms with E-state index < -0.39 is 5.92 Å². The van der Waals surface area contributed by atoms with Crippen molar-refractivity contribution in [2.24, 2.45) is 0 Å². The van der Waals surface area contributed by atoms with Gasteiger partial charge in [-0.25, -0.2) is 0 Å². The van der Waals surface area contributed by atoms with Crippen LogP contribution in [0.2, 0.25) is 5.02 Å². The first-order valence-electron chi connectivity index (χ1n) is 6.13. The van der Waals surface area contributed by atoms with Crippen molar-refractivity contribution in [1.29, 1.82) is 0 Å². The largest absolute Gasteiger partial charge is 0.296 e. The van der Waals surface area contributed by atoms with Crippen LogP contribution in [-0.4, -0.2) is 16.8 Å². The Morgan fingerprint density at radius 1 is 1.30 bits per heavy atom. The van der Waals surface area contributed by atoms with Crippen molar-refractivity contribution in [3.8, 4) is 0 Å². The van der Waals surface area contributed by atoms with Gasteiger partial charge in [-0.1, -0.05) is 29.8 Å². The van der Waals surface area contributed by atoms with Crippen molar-refractivity contribution in [2.45, 2.75) is 18.3 Å². The molecule has 2 heterocycles. The van der Waals surface area contributed by atoms with Gasteiger partial charge >= 0.3 is 0 Å². The summed E-state index contributed by atoms with van der Waals surface area (Å²) in [5.41, 5.74) is 2.45. The second-order valence-electron chi connectivity index (χ2n) is 4.63. The Bertz CT molecular complexity index is 657. The molecular formula is C14H11ClN2O2S. The molecule has 4 nitrogen and oxygen atoms in total. The Labute approximate surface area is 124 Å². The van der Waals surface area contributed by atoms with E-state index in [1.807, 2.05) is 18.2 Å². The molecule has 0 saturated carbocycles. The normalized spacial score (nSPS) is 22.6. The molecule has 6 heteroatoms. The van der Waals surface area contributed by atoms with Crippen LogP contribution in [0, 0.1) is 0 Å². The van der Waals surface area contributed by atoms with Crippen LogP contribution in [0.1, 0.15) is 28.7 Å². The first-order valence-corrected chi connectivity index (χ1v) is 7.39. The highest BCUT2D eigenvalue weighted by Crippen LogP contribution is 2.41. The van der Waals surface area contributed by atoms with Gasteiger partial charge in [-0.15, -0.1) is 11.3 Å². The number of piperidine rings is 1. The zero-order valence-electron chi connectivity index (χ0n) is 10.4. The topological polar surface area (TPSA) is 59.1 Å². The van der Waals surface area contributed by atoms with E-state index in [9.17, 15) is 9.59 Å². The number of carbonyl (C=O) groups is 2. The summed E-state index contributed by atoms with van der Waals surface area (Å²) in [7, 11) is 0. The van der Waals surface area contributed by atoms with Gasteiger partial charge in [-0.2, -0.15) is 0 Å². The van der Waals surface area contributed by atoms with Crippen LogP contribution in [0.15, 0.2) is 36.0 Å². The Morgan fingerprint density at radius 3 is 2.80 bits per heavy atom. The smallest absolute Gasteiger partial charge is 0.234 e. The number of carbonyl (C=O) groups excluding carboxylic acids is 2. The van der Waals surface area contributed by atoms with Crippen LogP contribution in [0.3, 0.4) is 0 Å².